The van der Waals surface area contributed by atoms with E-state index in [-0.39, 0.29) is 0 Å². The third-order valence-electron chi connectivity index (χ3n) is 1.92. The molecule has 0 saturated heterocycles. The van der Waals surface area contributed by atoms with Crippen molar-refractivity contribution < 1.29 is 0 Å². The summed E-state index contributed by atoms with van der Waals surface area (Å²) in [4.78, 5) is 6.99. The smallest absolute Gasteiger partial charge is 0.124 e. The van der Waals surface area contributed by atoms with Crippen LogP contribution in [0.2, 0.25) is 0 Å². The van der Waals surface area contributed by atoms with Crippen LogP contribution in [0.25, 0.3) is 10.6 Å². The highest BCUT2D eigenvalue weighted by Crippen LogP contribution is 2.28. The molecule has 2 aromatic rings. The van der Waals surface area contributed by atoms with Gasteiger partial charge in [0.25, 0.3) is 0 Å². The zero-order valence-corrected chi connectivity index (χ0v) is 9.62. The molecule has 0 aromatic carbocycles. The van der Waals surface area contributed by atoms with Crippen LogP contribution in [0, 0.1) is 6.92 Å². The molecule has 0 radical (unpaired) electrons. The van der Waals surface area contributed by atoms with Gasteiger partial charge in [-0.05, 0) is 26.0 Å². The van der Waals surface area contributed by atoms with E-state index in [9.17, 15) is 0 Å². The third-order valence-corrected chi connectivity index (χ3v) is 3.89. The van der Waals surface area contributed by atoms with E-state index in [1.807, 2.05) is 6.20 Å². The van der Waals surface area contributed by atoms with E-state index >= 15 is 0 Å². The predicted octanol–water partition coefficient (Wildman–Crippen LogP) is 2.68. The fraction of sp³-hybridized carbons (Fsp3) is 0.300. The topological polar surface area (TPSA) is 38.9 Å². The van der Waals surface area contributed by atoms with Gasteiger partial charge in [-0.3, -0.25) is 0 Å². The SMILES string of the molecule is Cc1cc(-c2ncc(CCN)s2)cs1. The highest BCUT2D eigenvalue weighted by atomic mass is 32.1. The summed E-state index contributed by atoms with van der Waals surface area (Å²) in [5, 5.41) is 3.26. The summed E-state index contributed by atoms with van der Waals surface area (Å²) < 4.78 is 0. The van der Waals surface area contributed by atoms with Crippen LogP contribution in [0.4, 0.5) is 0 Å². The molecule has 14 heavy (non-hydrogen) atoms. The van der Waals surface area contributed by atoms with Gasteiger partial charge in [-0.25, -0.2) is 4.98 Å². The van der Waals surface area contributed by atoms with Crippen LogP contribution in [0.3, 0.4) is 0 Å². The van der Waals surface area contributed by atoms with E-state index in [1.54, 1.807) is 22.7 Å². The largest absolute Gasteiger partial charge is 0.330 e. The molecule has 0 atom stereocenters. The summed E-state index contributed by atoms with van der Waals surface area (Å²) in [5.74, 6) is 0. The first-order valence-electron chi connectivity index (χ1n) is 4.50. The molecule has 2 N–H and O–H groups in total. The average molecular weight is 224 g/mol. The summed E-state index contributed by atoms with van der Waals surface area (Å²) in [5.41, 5.74) is 6.73. The summed E-state index contributed by atoms with van der Waals surface area (Å²) in [6, 6.07) is 2.18. The Hall–Kier alpha value is -0.710. The Bertz CT molecular complexity index is 417. The van der Waals surface area contributed by atoms with Gasteiger partial charge < -0.3 is 5.73 Å². The molecule has 2 aromatic heterocycles. The van der Waals surface area contributed by atoms with E-state index in [0.29, 0.717) is 6.54 Å². The van der Waals surface area contributed by atoms with Crippen molar-refractivity contribution in [3.63, 3.8) is 0 Å². The van der Waals surface area contributed by atoms with Gasteiger partial charge in [0.1, 0.15) is 5.01 Å². The first kappa shape index (κ1) is 9.83. The standard InChI is InChI=1S/C10H12N2S2/c1-7-4-8(6-13-7)10-12-5-9(14-10)2-3-11/h4-6H,2-3,11H2,1H3. The molecule has 4 heteroatoms. The number of thiazole rings is 1. The van der Waals surface area contributed by atoms with Crippen LogP contribution in [0.1, 0.15) is 9.75 Å². The molecule has 0 aliphatic heterocycles. The molecule has 0 unspecified atom stereocenters. The van der Waals surface area contributed by atoms with Gasteiger partial charge in [0.2, 0.25) is 0 Å². The first-order chi connectivity index (χ1) is 6.79. The number of aromatic nitrogens is 1. The van der Waals surface area contributed by atoms with Crippen molar-refractivity contribution >= 4 is 22.7 Å². The van der Waals surface area contributed by atoms with Crippen molar-refractivity contribution in [1.82, 2.24) is 4.98 Å². The van der Waals surface area contributed by atoms with Crippen LogP contribution in [-0.4, -0.2) is 11.5 Å². The van der Waals surface area contributed by atoms with Gasteiger partial charge in [0.05, 0.1) is 0 Å². The van der Waals surface area contributed by atoms with Gasteiger partial charge in [-0.1, -0.05) is 0 Å². The molecule has 2 heterocycles. The third kappa shape index (κ3) is 2.03. The average Bonchev–Trinajstić information content (AvgIpc) is 2.74. The van der Waals surface area contributed by atoms with Crippen LogP contribution >= 0.6 is 22.7 Å². The van der Waals surface area contributed by atoms with Crippen molar-refractivity contribution in [3.05, 3.63) is 27.4 Å². The Labute approximate surface area is 91.4 Å². The Morgan fingerprint density at radius 2 is 2.36 bits per heavy atom. The summed E-state index contributed by atoms with van der Waals surface area (Å²) in [6.07, 6.45) is 2.86. The number of nitrogens with two attached hydrogens (primary N) is 1. The maximum Gasteiger partial charge on any atom is 0.124 e. The zero-order valence-electron chi connectivity index (χ0n) is 7.99. The second kappa shape index (κ2) is 4.21. The maximum absolute atomic E-state index is 5.49. The Kier molecular flexibility index (Phi) is 2.96. The number of aryl methyl sites for hydroxylation is 1. The number of rotatable bonds is 3. The van der Waals surface area contributed by atoms with Gasteiger partial charge in [0, 0.05) is 26.9 Å². The number of hydrogen-bond donors (Lipinski definition) is 1. The second-order valence-corrected chi connectivity index (χ2v) is 5.35. The fourth-order valence-electron chi connectivity index (χ4n) is 1.25. The van der Waals surface area contributed by atoms with E-state index in [0.717, 1.165) is 11.4 Å². The lowest BCUT2D eigenvalue weighted by atomic mass is 10.3. The molecule has 2 nitrogen and oxygen atoms in total. The lowest BCUT2D eigenvalue weighted by Crippen LogP contribution is -2.00. The number of thiophene rings is 1. The minimum absolute atomic E-state index is 0.699. The van der Waals surface area contributed by atoms with Gasteiger partial charge in [-0.15, -0.1) is 22.7 Å². The van der Waals surface area contributed by atoms with Crippen molar-refractivity contribution in [1.29, 1.82) is 0 Å². The minimum Gasteiger partial charge on any atom is -0.330 e. The zero-order chi connectivity index (χ0) is 9.97. The van der Waals surface area contributed by atoms with Crippen molar-refractivity contribution in [2.75, 3.05) is 6.54 Å². The van der Waals surface area contributed by atoms with Crippen LogP contribution < -0.4 is 5.73 Å². The molecule has 0 bridgehead atoms. The lowest BCUT2D eigenvalue weighted by molar-refractivity contribution is 0.984. The van der Waals surface area contributed by atoms with Gasteiger partial charge in [-0.2, -0.15) is 0 Å². The molecule has 0 amide bonds. The molecule has 0 aliphatic rings. The van der Waals surface area contributed by atoms with Gasteiger partial charge in [0.15, 0.2) is 0 Å². The Morgan fingerprint density at radius 1 is 1.50 bits per heavy atom. The molecule has 0 aliphatic carbocycles. The molecule has 0 fully saturated rings. The van der Waals surface area contributed by atoms with Crippen molar-refractivity contribution in [2.45, 2.75) is 13.3 Å². The summed E-state index contributed by atoms with van der Waals surface area (Å²) in [6.45, 7) is 2.81. The normalized spacial score (nSPS) is 10.7. The van der Waals surface area contributed by atoms with E-state index < -0.39 is 0 Å². The molecule has 74 valence electrons. The summed E-state index contributed by atoms with van der Waals surface area (Å²) >= 11 is 3.50. The number of nitrogens with zero attached hydrogens (tertiary/aromatic N) is 1. The summed E-state index contributed by atoms with van der Waals surface area (Å²) in [7, 11) is 0. The minimum atomic E-state index is 0.699. The maximum atomic E-state index is 5.49. The Balaban J connectivity index is 2.24. The molecule has 0 spiro atoms. The Morgan fingerprint density at radius 3 is 3.00 bits per heavy atom. The lowest BCUT2D eigenvalue weighted by Gasteiger charge is -1.88. The monoisotopic (exact) mass is 224 g/mol. The first-order valence-corrected chi connectivity index (χ1v) is 6.19. The molecule has 2 rings (SSSR count). The molecule has 0 saturated carbocycles. The second-order valence-electron chi connectivity index (χ2n) is 3.12. The predicted molar refractivity (Wildman–Crippen MR) is 62.9 cm³/mol. The highest BCUT2D eigenvalue weighted by Gasteiger charge is 2.05. The highest BCUT2D eigenvalue weighted by molar-refractivity contribution is 7.15. The van der Waals surface area contributed by atoms with E-state index in [1.165, 1.54) is 15.3 Å². The quantitative estimate of drug-likeness (QED) is 0.870. The van der Waals surface area contributed by atoms with E-state index in [4.69, 9.17) is 5.73 Å². The fourth-order valence-corrected chi connectivity index (χ4v) is 2.93. The van der Waals surface area contributed by atoms with Crippen LogP contribution in [0.5, 0.6) is 0 Å². The van der Waals surface area contributed by atoms with E-state index in [2.05, 4.69) is 23.4 Å². The van der Waals surface area contributed by atoms with Crippen LogP contribution in [0.15, 0.2) is 17.6 Å². The molecular weight excluding hydrogens is 212 g/mol. The van der Waals surface area contributed by atoms with Crippen molar-refractivity contribution in [2.24, 2.45) is 5.73 Å². The number of hydrogen-bond acceptors (Lipinski definition) is 4. The van der Waals surface area contributed by atoms with Crippen LogP contribution in [-0.2, 0) is 6.42 Å². The van der Waals surface area contributed by atoms with Crippen molar-refractivity contribution in [3.8, 4) is 10.6 Å². The molecular formula is C10H12N2S2. The van der Waals surface area contributed by atoms with Gasteiger partial charge >= 0.3 is 0 Å².